The molecule has 5 heteroatoms. The molecular formula is C5H7N3OS. The van der Waals surface area contributed by atoms with Crippen LogP contribution in [0, 0.1) is 4.78 Å². The van der Waals surface area contributed by atoms with Gasteiger partial charge in [-0.1, -0.05) is 0 Å². The Hall–Kier alpha value is -0.940. The fourth-order valence-corrected chi connectivity index (χ4v) is 1.02. The molecule has 0 saturated carbocycles. The molecular weight excluding hydrogens is 150 g/mol. The fraction of sp³-hybridized carbons (Fsp3) is 0. The monoisotopic (exact) mass is 157 g/mol. The first-order valence-electron chi connectivity index (χ1n) is 2.57. The molecule has 0 aliphatic heterocycles. The first-order valence-corrected chi connectivity index (χ1v) is 4.19. The van der Waals surface area contributed by atoms with E-state index in [0.29, 0.717) is 0 Å². The van der Waals surface area contributed by atoms with Gasteiger partial charge in [0.15, 0.2) is 0 Å². The van der Waals surface area contributed by atoms with Crippen LogP contribution in [0.5, 0.6) is 0 Å². The van der Waals surface area contributed by atoms with E-state index < -0.39 is 9.92 Å². The second kappa shape index (κ2) is 2.36. The third-order valence-corrected chi connectivity index (χ3v) is 1.93. The zero-order chi connectivity index (χ0) is 7.61. The molecule has 54 valence electrons. The SMILES string of the molecule is N=S(N)(=O)c1cccnc1. The molecule has 1 rings (SSSR count). The fourth-order valence-electron chi connectivity index (χ4n) is 0.526. The Morgan fingerprint density at radius 1 is 1.70 bits per heavy atom. The smallest absolute Gasteiger partial charge is 0.133 e. The van der Waals surface area contributed by atoms with E-state index in [4.69, 9.17) is 9.92 Å². The zero-order valence-corrected chi connectivity index (χ0v) is 5.97. The first kappa shape index (κ1) is 7.17. The Kier molecular flexibility index (Phi) is 1.69. The number of rotatable bonds is 1. The van der Waals surface area contributed by atoms with Gasteiger partial charge in [-0.2, -0.15) is 0 Å². The number of aromatic nitrogens is 1. The molecule has 0 radical (unpaired) electrons. The molecule has 3 N–H and O–H groups in total. The third kappa shape index (κ3) is 1.52. The highest BCUT2D eigenvalue weighted by Crippen LogP contribution is 2.01. The van der Waals surface area contributed by atoms with Crippen LogP contribution in [0.2, 0.25) is 0 Å². The molecule has 0 fully saturated rings. The number of nitrogens with one attached hydrogen (secondary N) is 1. The van der Waals surface area contributed by atoms with Crippen molar-refractivity contribution in [3.05, 3.63) is 24.5 Å². The van der Waals surface area contributed by atoms with Crippen molar-refractivity contribution in [3.63, 3.8) is 0 Å². The lowest BCUT2D eigenvalue weighted by atomic mass is 10.5. The van der Waals surface area contributed by atoms with Crippen LogP contribution in [0.15, 0.2) is 29.4 Å². The van der Waals surface area contributed by atoms with Crippen LogP contribution in [0.4, 0.5) is 0 Å². The van der Waals surface area contributed by atoms with Crippen LogP contribution in [0.3, 0.4) is 0 Å². The first-order chi connectivity index (χ1) is 4.61. The van der Waals surface area contributed by atoms with E-state index in [2.05, 4.69) is 4.98 Å². The lowest BCUT2D eigenvalue weighted by Crippen LogP contribution is -2.09. The maximum Gasteiger partial charge on any atom is 0.133 e. The van der Waals surface area contributed by atoms with E-state index in [1.165, 1.54) is 18.5 Å². The molecule has 1 heterocycles. The summed E-state index contributed by atoms with van der Waals surface area (Å²) in [6, 6.07) is 3.11. The molecule has 4 nitrogen and oxygen atoms in total. The number of pyridine rings is 1. The minimum absolute atomic E-state index is 0.259. The van der Waals surface area contributed by atoms with E-state index in [1.807, 2.05) is 0 Å². The van der Waals surface area contributed by atoms with Gasteiger partial charge in [0.1, 0.15) is 9.92 Å². The molecule has 0 aliphatic carbocycles. The van der Waals surface area contributed by atoms with Crippen molar-refractivity contribution in [1.29, 1.82) is 4.78 Å². The summed E-state index contributed by atoms with van der Waals surface area (Å²) < 4.78 is 17.7. The van der Waals surface area contributed by atoms with Gasteiger partial charge < -0.3 is 0 Å². The van der Waals surface area contributed by atoms with Crippen molar-refractivity contribution in [1.82, 2.24) is 4.98 Å². The Balaban J connectivity index is 3.22. The standard InChI is InChI=1S/C5H7N3OS/c6-10(7,9)5-2-1-3-8-4-5/h1-4H,(H3,6,7,9). The molecule has 0 saturated heterocycles. The molecule has 0 spiro atoms. The highest BCUT2D eigenvalue weighted by molar-refractivity contribution is 7.90. The Morgan fingerprint density at radius 3 is 2.70 bits per heavy atom. The van der Waals surface area contributed by atoms with Crippen LogP contribution in [0.1, 0.15) is 0 Å². The topological polar surface area (TPSA) is 79.8 Å². The second-order valence-corrected chi connectivity index (χ2v) is 3.46. The van der Waals surface area contributed by atoms with Gasteiger partial charge in [0, 0.05) is 12.4 Å². The van der Waals surface area contributed by atoms with Crippen molar-refractivity contribution in [2.75, 3.05) is 0 Å². The van der Waals surface area contributed by atoms with Crippen molar-refractivity contribution < 1.29 is 4.21 Å². The molecule has 1 unspecified atom stereocenters. The van der Waals surface area contributed by atoms with Crippen LogP contribution < -0.4 is 5.14 Å². The average molecular weight is 157 g/mol. The van der Waals surface area contributed by atoms with Gasteiger partial charge in [0.25, 0.3) is 0 Å². The minimum Gasteiger partial charge on any atom is -0.263 e. The predicted molar refractivity (Wildman–Crippen MR) is 37.6 cm³/mol. The summed E-state index contributed by atoms with van der Waals surface area (Å²) in [6.45, 7) is 0. The van der Waals surface area contributed by atoms with Crippen LogP contribution >= 0.6 is 0 Å². The maximum absolute atomic E-state index is 10.8. The quantitative estimate of drug-likeness (QED) is 0.617. The van der Waals surface area contributed by atoms with Gasteiger partial charge in [0.2, 0.25) is 0 Å². The van der Waals surface area contributed by atoms with Crippen LogP contribution in [-0.4, -0.2) is 9.19 Å². The highest BCUT2D eigenvalue weighted by Gasteiger charge is 2.00. The largest absolute Gasteiger partial charge is 0.263 e. The number of nitrogens with two attached hydrogens (primary N) is 1. The molecule has 0 bridgehead atoms. The van der Waals surface area contributed by atoms with Crippen molar-refractivity contribution >= 4 is 9.92 Å². The lowest BCUT2D eigenvalue weighted by Gasteiger charge is -1.96. The van der Waals surface area contributed by atoms with Gasteiger partial charge in [-0.25, -0.2) is 14.1 Å². The Morgan fingerprint density at radius 2 is 2.40 bits per heavy atom. The average Bonchev–Trinajstić information content (AvgIpc) is 1.88. The van der Waals surface area contributed by atoms with Crippen LogP contribution in [-0.2, 0) is 9.92 Å². The summed E-state index contributed by atoms with van der Waals surface area (Å²) in [4.78, 5) is 3.93. The second-order valence-electron chi connectivity index (χ2n) is 1.79. The van der Waals surface area contributed by atoms with E-state index >= 15 is 0 Å². The van der Waals surface area contributed by atoms with Gasteiger partial charge in [0.05, 0.1) is 4.90 Å². The molecule has 0 aliphatic rings. The van der Waals surface area contributed by atoms with Crippen molar-refractivity contribution in [2.24, 2.45) is 5.14 Å². The predicted octanol–water partition coefficient (Wildman–Crippen LogP) is 0.361. The van der Waals surface area contributed by atoms with Gasteiger partial charge in [-0.3, -0.25) is 4.98 Å². The summed E-state index contributed by atoms with van der Waals surface area (Å²) in [6.07, 6.45) is 2.87. The van der Waals surface area contributed by atoms with E-state index in [9.17, 15) is 4.21 Å². The molecule has 0 amide bonds. The van der Waals surface area contributed by atoms with Gasteiger partial charge >= 0.3 is 0 Å². The Labute approximate surface area is 59.2 Å². The van der Waals surface area contributed by atoms with Crippen molar-refractivity contribution in [2.45, 2.75) is 4.90 Å². The molecule has 10 heavy (non-hydrogen) atoms. The number of nitrogens with zero attached hydrogens (tertiary/aromatic N) is 1. The molecule has 1 aromatic rings. The lowest BCUT2D eigenvalue weighted by molar-refractivity contribution is 0.675. The van der Waals surface area contributed by atoms with E-state index in [-0.39, 0.29) is 4.90 Å². The summed E-state index contributed by atoms with van der Waals surface area (Å²) >= 11 is 0. The number of hydrogen-bond acceptors (Lipinski definition) is 3. The molecule has 1 atom stereocenters. The molecule has 1 aromatic heterocycles. The number of hydrogen-bond donors (Lipinski definition) is 2. The zero-order valence-electron chi connectivity index (χ0n) is 5.15. The summed E-state index contributed by atoms with van der Waals surface area (Å²) in [5.41, 5.74) is 0. The summed E-state index contributed by atoms with van der Waals surface area (Å²) in [5.74, 6) is 0. The van der Waals surface area contributed by atoms with Crippen LogP contribution in [0.25, 0.3) is 0 Å². The normalized spacial score (nSPS) is 16.1. The van der Waals surface area contributed by atoms with Crippen molar-refractivity contribution in [3.8, 4) is 0 Å². The summed E-state index contributed by atoms with van der Waals surface area (Å²) in [5, 5.41) is 5.01. The highest BCUT2D eigenvalue weighted by atomic mass is 32.2. The van der Waals surface area contributed by atoms with Gasteiger partial charge in [-0.15, -0.1) is 0 Å². The molecule has 0 aromatic carbocycles. The maximum atomic E-state index is 10.8. The minimum atomic E-state index is -3.07. The Bertz CT molecular complexity index is 305. The van der Waals surface area contributed by atoms with E-state index in [0.717, 1.165) is 0 Å². The summed E-state index contributed by atoms with van der Waals surface area (Å²) in [7, 11) is -3.07. The van der Waals surface area contributed by atoms with E-state index in [1.54, 1.807) is 6.07 Å². The van der Waals surface area contributed by atoms with Gasteiger partial charge in [-0.05, 0) is 12.1 Å². The third-order valence-electron chi connectivity index (χ3n) is 0.985.